The number of carbonyl (C=O) groups excluding carboxylic acids is 3. The molecular weight excluding hydrogens is 312 g/mol. The minimum Gasteiger partial charge on any atom is -0.508 e. The average molecular weight is 335 g/mol. The molecule has 0 aromatic heterocycles. The quantitative estimate of drug-likeness (QED) is 0.789. The van der Waals surface area contributed by atoms with Crippen LogP contribution in [0.3, 0.4) is 0 Å². The van der Waals surface area contributed by atoms with Crippen molar-refractivity contribution in [3.63, 3.8) is 0 Å². The smallest absolute Gasteiger partial charge is 0.306 e. The third-order valence-electron chi connectivity index (χ3n) is 3.54. The maximum Gasteiger partial charge on any atom is 0.306 e. The number of hydrogen-bond donors (Lipinski definition) is 2. The van der Waals surface area contributed by atoms with Gasteiger partial charge in [0.15, 0.2) is 0 Å². The van der Waals surface area contributed by atoms with Gasteiger partial charge < -0.3 is 20.5 Å². The second-order valence-corrected chi connectivity index (χ2v) is 6.59. The van der Waals surface area contributed by atoms with Crippen LogP contribution in [0.5, 0.6) is 5.75 Å². The Kier molecular flexibility index (Phi) is 4.42. The first kappa shape index (κ1) is 16.3. The molecule has 7 nitrogen and oxygen atoms in total. The van der Waals surface area contributed by atoms with Crippen LogP contribution in [-0.2, 0) is 20.9 Å². The molecule has 7 heteroatoms. The first-order valence-electron chi connectivity index (χ1n) is 8.10. The molecule has 0 radical (unpaired) electrons. The van der Waals surface area contributed by atoms with Crippen LogP contribution < -0.4 is 5.73 Å². The van der Waals surface area contributed by atoms with Crippen molar-refractivity contribution in [1.82, 2.24) is 4.90 Å². The van der Waals surface area contributed by atoms with Gasteiger partial charge in [0.05, 0.1) is 7.92 Å². The molecule has 0 fully saturated rings. The Morgan fingerprint density at radius 2 is 2.12 bits per heavy atom. The Balaban J connectivity index is 2.21. The molecule has 130 valence electrons. The zero-order valence-corrected chi connectivity index (χ0v) is 14.0. The van der Waals surface area contributed by atoms with Crippen LogP contribution in [0, 0.1) is 0 Å². The molecule has 0 unspecified atom stereocenters. The van der Waals surface area contributed by atoms with Crippen molar-refractivity contribution >= 4 is 17.8 Å². The summed E-state index contributed by atoms with van der Waals surface area (Å²) in [5.41, 5.74) is 5.22. The van der Waals surface area contributed by atoms with Crippen molar-refractivity contribution in [3.8, 4) is 5.75 Å². The SMILES string of the molecule is [2H][C@](CCC(=O)OC(C)(C)C)(C(N)=O)N1Cc2c(O)cccc2C1=O. The summed E-state index contributed by atoms with van der Waals surface area (Å²) in [6.45, 7) is 4.99. The monoisotopic (exact) mass is 335 g/mol. The summed E-state index contributed by atoms with van der Waals surface area (Å²) in [6.07, 6.45) is -0.534. The van der Waals surface area contributed by atoms with E-state index in [1.807, 2.05) is 0 Å². The van der Waals surface area contributed by atoms with Crippen LogP contribution in [0.25, 0.3) is 0 Å². The lowest BCUT2D eigenvalue weighted by atomic mass is 10.1. The molecule has 1 aliphatic heterocycles. The summed E-state index contributed by atoms with van der Waals surface area (Å²) in [6, 6.07) is 2.32. The number of phenols is 1. The average Bonchev–Trinajstić information content (AvgIpc) is 2.82. The van der Waals surface area contributed by atoms with Gasteiger partial charge >= 0.3 is 5.97 Å². The molecule has 1 atom stereocenters. The number of rotatable bonds is 5. The number of aromatic hydroxyl groups is 1. The van der Waals surface area contributed by atoms with E-state index in [1.54, 1.807) is 20.8 Å². The summed E-state index contributed by atoms with van der Waals surface area (Å²) in [4.78, 5) is 37.3. The topological polar surface area (TPSA) is 110 Å². The van der Waals surface area contributed by atoms with Gasteiger partial charge in [0.1, 0.15) is 17.4 Å². The van der Waals surface area contributed by atoms with E-state index in [4.69, 9.17) is 11.8 Å². The highest BCUT2D eigenvalue weighted by Crippen LogP contribution is 2.32. The number of phenolic OH excluding ortho intramolecular Hbond substituents is 1. The van der Waals surface area contributed by atoms with Gasteiger partial charge in [-0.05, 0) is 39.3 Å². The van der Waals surface area contributed by atoms with Gasteiger partial charge in [-0.3, -0.25) is 14.4 Å². The maximum absolute atomic E-state index is 12.5. The molecule has 0 saturated heterocycles. The molecule has 1 aromatic rings. The van der Waals surface area contributed by atoms with Crippen molar-refractivity contribution in [2.45, 2.75) is 51.8 Å². The number of ether oxygens (including phenoxy) is 1. The number of amides is 2. The molecule has 3 N–H and O–H groups in total. The van der Waals surface area contributed by atoms with Gasteiger partial charge in [0, 0.05) is 17.5 Å². The molecule has 24 heavy (non-hydrogen) atoms. The van der Waals surface area contributed by atoms with Crippen LogP contribution in [0.15, 0.2) is 18.2 Å². The van der Waals surface area contributed by atoms with Crippen molar-refractivity contribution in [2.75, 3.05) is 0 Å². The number of esters is 1. The fourth-order valence-electron chi connectivity index (χ4n) is 2.54. The molecule has 1 aromatic carbocycles. The summed E-state index contributed by atoms with van der Waals surface area (Å²) in [7, 11) is 0. The van der Waals surface area contributed by atoms with Gasteiger partial charge in [-0.15, -0.1) is 0 Å². The highest BCUT2D eigenvalue weighted by Gasteiger charge is 2.37. The van der Waals surface area contributed by atoms with E-state index < -0.39 is 29.4 Å². The summed E-state index contributed by atoms with van der Waals surface area (Å²) in [5.74, 6) is -2.30. The number of nitrogens with zero attached hydrogens (tertiary/aromatic N) is 1. The zero-order chi connectivity index (χ0) is 19.0. The van der Waals surface area contributed by atoms with E-state index in [0.717, 1.165) is 4.90 Å². The van der Waals surface area contributed by atoms with Gasteiger partial charge in [0.25, 0.3) is 5.91 Å². The van der Waals surface area contributed by atoms with Crippen molar-refractivity contribution < 1.29 is 25.6 Å². The second-order valence-electron chi connectivity index (χ2n) is 6.59. The van der Waals surface area contributed by atoms with E-state index >= 15 is 0 Å². The molecule has 1 aliphatic rings. The number of nitrogens with two attached hydrogens (primary N) is 1. The summed E-state index contributed by atoms with van der Waals surface area (Å²) in [5, 5.41) is 9.89. The summed E-state index contributed by atoms with van der Waals surface area (Å²) >= 11 is 0. The molecule has 1 heterocycles. The Hall–Kier alpha value is -2.57. The predicted molar refractivity (Wildman–Crippen MR) is 86.0 cm³/mol. The van der Waals surface area contributed by atoms with Crippen molar-refractivity contribution in [1.29, 1.82) is 0 Å². The zero-order valence-electron chi connectivity index (χ0n) is 15.0. The second kappa shape index (κ2) is 6.51. The molecule has 0 spiro atoms. The number of fused-ring (bicyclic) bond motifs is 1. The fourth-order valence-corrected chi connectivity index (χ4v) is 2.54. The van der Waals surface area contributed by atoms with Crippen LogP contribution in [0.4, 0.5) is 0 Å². The van der Waals surface area contributed by atoms with Crippen LogP contribution >= 0.6 is 0 Å². The number of carbonyl (C=O) groups is 3. The molecule has 2 amide bonds. The van der Waals surface area contributed by atoms with Crippen LogP contribution in [-0.4, -0.2) is 39.4 Å². The number of hydrogen-bond acceptors (Lipinski definition) is 5. The van der Waals surface area contributed by atoms with E-state index in [9.17, 15) is 19.5 Å². The highest BCUT2D eigenvalue weighted by molar-refractivity contribution is 6.01. The third kappa shape index (κ3) is 3.84. The predicted octanol–water partition coefficient (Wildman–Crippen LogP) is 1.32. The Bertz CT molecular complexity index is 728. The largest absolute Gasteiger partial charge is 0.508 e. The van der Waals surface area contributed by atoms with Crippen LogP contribution in [0.1, 0.15) is 50.9 Å². The first-order valence-corrected chi connectivity index (χ1v) is 7.60. The standard InChI is InChI=1S/C17H22N2O5/c1-17(2,3)24-14(21)8-7-12(15(18)22)19-9-11-10(16(19)23)5-4-6-13(11)20/h4-6,12,20H,7-9H2,1-3H3,(H2,18,22)/t12-/m0/s1/i12D. The molecule has 0 bridgehead atoms. The van der Waals surface area contributed by atoms with E-state index in [-0.39, 0.29) is 30.7 Å². The van der Waals surface area contributed by atoms with Crippen molar-refractivity contribution in [2.24, 2.45) is 5.73 Å². The highest BCUT2D eigenvalue weighted by atomic mass is 16.6. The Morgan fingerprint density at radius 1 is 1.46 bits per heavy atom. The molecule has 0 aliphatic carbocycles. The van der Waals surface area contributed by atoms with Gasteiger partial charge in [0.2, 0.25) is 5.91 Å². The Morgan fingerprint density at radius 3 is 2.67 bits per heavy atom. The van der Waals surface area contributed by atoms with Crippen molar-refractivity contribution in [3.05, 3.63) is 29.3 Å². The maximum atomic E-state index is 12.5. The molecule has 2 rings (SSSR count). The van der Waals surface area contributed by atoms with Gasteiger partial charge in [-0.1, -0.05) is 6.07 Å². The van der Waals surface area contributed by atoms with E-state index in [1.165, 1.54) is 18.2 Å². The Labute approximate surface area is 141 Å². The molecule has 0 saturated carbocycles. The fraction of sp³-hybridized carbons (Fsp3) is 0.471. The lowest BCUT2D eigenvalue weighted by Gasteiger charge is -2.25. The summed E-state index contributed by atoms with van der Waals surface area (Å²) < 4.78 is 13.6. The van der Waals surface area contributed by atoms with Gasteiger partial charge in [-0.25, -0.2) is 0 Å². The minimum atomic E-state index is -2.11. The van der Waals surface area contributed by atoms with Crippen LogP contribution in [0.2, 0.25) is 0 Å². The van der Waals surface area contributed by atoms with E-state index in [2.05, 4.69) is 0 Å². The lowest BCUT2D eigenvalue weighted by Crippen LogP contribution is -2.45. The lowest BCUT2D eigenvalue weighted by molar-refractivity contribution is -0.155. The normalized spacial score (nSPS) is 17.0. The van der Waals surface area contributed by atoms with E-state index in [0.29, 0.717) is 5.56 Å². The first-order chi connectivity index (χ1) is 11.5. The third-order valence-corrected chi connectivity index (χ3v) is 3.54. The minimum absolute atomic E-state index is 0.0905. The number of benzene rings is 1. The van der Waals surface area contributed by atoms with Gasteiger partial charge in [-0.2, -0.15) is 0 Å². The molecular formula is C17H22N2O5. The number of primary amides is 1.